The molecule has 0 unspecified atom stereocenters. The van der Waals surface area contributed by atoms with Gasteiger partial charge in [0.25, 0.3) is 5.91 Å². The second-order valence-corrected chi connectivity index (χ2v) is 5.08. The number of pyridine rings is 1. The van der Waals surface area contributed by atoms with Crippen molar-refractivity contribution in [1.29, 1.82) is 0 Å². The van der Waals surface area contributed by atoms with Crippen molar-refractivity contribution in [2.75, 3.05) is 12.4 Å². The molecule has 0 fully saturated rings. The van der Waals surface area contributed by atoms with E-state index in [0.717, 1.165) is 10.8 Å². The number of amides is 2. The minimum atomic E-state index is -0.517. The highest BCUT2D eigenvalue weighted by Gasteiger charge is 2.13. The average Bonchev–Trinajstić information content (AvgIpc) is 2.99. The molecule has 0 aliphatic heterocycles. The van der Waals surface area contributed by atoms with Gasteiger partial charge >= 0.3 is 0 Å². The number of benzene rings is 1. The maximum atomic E-state index is 12.4. The van der Waals surface area contributed by atoms with Crippen molar-refractivity contribution in [3.8, 4) is 5.88 Å². The number of carbonyl (C=O) groups excluding carboxylic acids is 2. The zero-order valence-electron chi connectivity index (χ0n) is 12.9. The fourth-order valence-electron chi connectivity index (χ4n) is 2.31. The lowest BCUT2D eigenvalue weighted by molar-refractivity contribution is -0.118. The second kappa shape index (κ2) is 6.37. The molecular formula is C16H15N5O3. The fourth-order valence-corrected chi connectivity index (χ4v) is 2.31. The van der Waals surface area contributed by atoms with E-state index in [1.807, 2.05) is 24.3 Å². The molecule has 8 heteroatoms. The number of aromatic nitrogens is 3. The quantitative estimate of drug-likeness (QED) is 0.731. The first kappa shape index (κ1) is 15.5. The molecule has 0 aliphatic rings. The van der Waals surface area contributed by atoms with Gasteiger partial charge in [0.2, 0.25) is 11.8 Å². The van der Waals surface area contributed by atoms with Gasteiger partial charge in [-0.25, -0.2) is 4.98 Å². The standard InChI is InChI=1S/C16H15N5O3/c1-24-16-12-5-3-2-4-10(12)6-13(20-16)15(23)19-11-7-18-21(8-11)9-14(17)22/h2-8H,9H2,1H3,(H2,17,22)(H,19,23). The number of nitrogens with zero attached hydrogens (tertiary/aromatic N) is 3. The first-order valence-corrected chi connectivity index (χ1v) is 7.12. The van der Waals surface area contributed by atoms with Crippen LogP contribution in [-0.4, -0.2) is 33.7 Å². The highest BCUT2D eigenvalue weighted by molar-refractivity contribution is 6.05. The van der Waals surface area contributed by atoms with E-state index in [0.29, 0.717) is 11.6 Å². The molecule has 122 valence electrons. The highest BCUT2D eigenvalue weighted by Crippen LogP contribution is 2.24. The maximum Gasteiger partial charge on any atom is 0.274 e. The molecule has 0 bridgehead atoms. The Bertz CT molecular complexity index is 919. The van der Waals surface area contributed by atoms with Gasteiger partial charge in [0.15, 0.2) is 0 Å². The van der Waals surface area contributed by atoms with E-state index >= 15 is 0 Å². The molecule has 2 heterocycles. The Kier molecular flexibility index (Phi) is 4.11. The summed E-state index contributed by atoms with van der Waals surface area (Å²) in [4.78, 5) is 27.5. The van der Waals surface area contributed by atoms with Crippen LogP contribution in [-0.2, 0) is 11.3 Å². The van der Waals surface area contributed by atoms with Crippen LogP contribution < -0.4 is 15.8 Å². The number of carbonyl (C=O) groups is 2. The summed E-state index contributed by atoms with van der Waals surface area (Å²) in [5.41, 5.74) is 5.76. The number of hydrogen-bond donors (Lipinski definition) is 2. The Morgan fingerprint density at radius 2 is 2.12 bits per heavy atom. The number of hydrogen-bond acceptors (Lipinski definition) is 5. The summed E-state index contributed by atoms with van der Waals surface area (Å²) in [6.07, 6.45) is 2.94. The van der Waals surface area contributed by atoms with Crippen molar-refractivity contribution in [2.45, 2.75) is 6.54 Å². The molecule has 0 radical (unpaired) electrons. The Morgan fingerprint density at radius 3 is 2.88 bits per heavy atom. The molecule has 0 saturated heterocycles. The summed E-state index contributed by atoms with van der Waals surface area (Å²) in [5.74, 6) is -0.544. The van der Waals surface area contributed by atoms with Gasteiger partial charge in [0.1, 0.15) is 12.2 Å². The monoisotopic (exact) mass is 325 g/mol. The number of primary amides is 1. The zero-order chi connectivity index (χ0) is 17.1. The molecule has 3 aromatic rings. The lowest BCUT2D eigenvalue weighted by Crippen LogP contribution is -2.18. The summed E-state index contributed by atoms with van der Waals surface area (Å²) >= 11 is 0. The highest BCUT2D eigenvalue weighted by atomic mass is 16.5. The number of rotatable bonds is 5. The van der Waals surface area contributed by atoms with Crippen LogP contribution in [0.3, 0.4) is 0 Å². The van der Waals surface area contributed by atoms with E-state index in [9.17, 15) is 9.59 Å². The van der Waals surface area contributed by atoms with Crippen LogP contribution in [0.2, 0.25) is 0 Å². The zero-order valence-corrected chi connectivity index (χ0v) is 12.9. The van der Waals surface area contributed by atoms with Crippen molar-refractivity contribution < 1.29 is 14.3 Å². The number of nitrogens with two attached hydrogens (primary N) is 1. The van der Waals surface area contributed by atoms with Crippen LogP contribution in [0.1, 0.15) is 10.5 Å². The van der Waals surface area contributed by atoms with Crippen molar-refractivity contribution in [2.24, 2.45) is 5.73 Å². The Morgan fingerprint density at radius 1 is 1.33 bits per heavy atom. The summed E-state index contributed by atoms with van der Waals surface area (Å²) in [6, 6.07) is 9.18. The van der Waals surface area contributed by atoms with E-state index < -0.39 is 11.8 Å². The average molecular weight is 325 g/mol. The van der Waals surface area contributed by atoms with Gasteiger partial charge in [-0.3, -0.25) is 14.3 Å². The van der Waals surface area contributed by atoms with E-state index in [-0.39, 0.29) is 12.2 Å². The molecular weight excluding hydrogens is 310 g/mol. The summed E-state index contributed by atoms with van der Waals surface area (Å²) in [5, 5.41) is 8.29. The number of anilines is 1. The lowest BCUT2D eigenvalue weighted by atomic mass is 10.1. The van der Waals surface area contributed by atoms with Crippen molar-refractivity contribution in [3.63, 3.8) is 0 Å². The van der Waals surface area contributed by atoms with Gasteiger partial charge in [-0.05, 0) is 17.5 Å². The minimum Gasteiger partial charge on any atom is -0.481 e. The van der Waals surface area contributed by atoms with Crippen LogP contribution in [0.15, 0.2) is 42.7 Å². The molecule has 8 nitrogen and oxygen atoms in total. The van der Waals surface area contributed by atoms with Gasteiger partial charge in [0, 0.05) is 11.6 Å². The Labute approximate surface area is 137 Å². The smallest absolute Gasteiger partial charge is 0.274 e. The fraction of sp³-hybridized carbons (Fsp3) is 0.125. The lowest BCUT2D eigenvalue weighted by Gasteiger charge is -2.08. The largest absolute Gasteiger partial charge is 0.481 e. The van der Waals surface area contributed by atoms with Gasteiger partial charge in [0.05, 0.1) is 19.0 Å². The Hall–Kier alpha value is -3.42. The van der Waals surface area contributed by atoms with Crippen molar-refractivity contribution >= 4 is 28.3 Å². The molecule has 0 atom stereocenters. The van der Waals surface area contributed by atoms with Crippen LogP contribution in [0, 0.1) is 0 Å². The van der Waals surface area contributed by atoms with E-state index in [1.54, 1.807) is 6.07 Å². The Balaban J connectivity index is 1.86. The maximum absolute atomic E-state index is 12.4. The van der Waals surface area contributed by atoms with Gasteiger partial charge < -0.3 is 15.8 Å². The third kappa shape index (κ3) is 3.17. The molecule has 2 aromatic heterocycles. The molecule has 1 aromatic carbocycles. The predicted molar refractivity (Wildman–Crippen MR) is 87.7 cm³/mol. The van der Waals surface area contributed by atoms with Gasteiger partial charge in [-0.2, -0.15) is 5.10 Å². The van der Waals surface area contributed by atoms with Gasteiger partial charge in [-0.15, -0.1) is 0 Å². The van der Waals surface area contributed by atoms with Crippen LogP contribution in [0.25, 0.3) is 10.8 Å². The number of methoxy groups -OCH3 is 1. The summed E-state index contributed by atoms with van der Waals surface area (Å²) in [7, 11) is 1.50. The summed E-state index contributed by atoms with van der Waals surface area (Å²) in [6.45, 7) is -0.0576. The predicted octanol–water partition coefficient (Wildman–Crippen LogP) is 1.18. The van der Waals surface area contributed by atoms with E-state index in [1.165, 1.54) is 24.2 Å². The molecule has 0 saturated carbocycles. The SMILES string of the molecule is COc1nc(C(=O)Nc2cnn(CC(N)=O)c2)cc2ccccc12. The number of ether oxygens (including phenoxy) is 1. The van der Waals surface area contributed by atoms with Crippen molar-refractivity contribution in [3.05, 3.63) is 48.4 Å². The van der Waals surface area contributed by atoms with Crippen LogP contribution >= 0.6 is 0 Å². The van der Waals surface area contributed by atoms with Crippen molar-refractivity contribution in [1.82, 2.24) is 14.8 Å². The van der Waals surface area contributed by atoms with E-state index in [2.05, 4.69) is 15.4 Å². The third-order valence-electron chi connectivity index (χ3n) is 3.34. The van der Waals surface area contributed by atoms with Crippen LogP contribution in [0.4, 0.5) is 5.69 Å². The normalized spacial score (nSPS) is 10.5. The molecule has 0 aliphatic carbocycles. The molecule has 0 spiro atoms. The van der Waals surface area contributed by atoms with Crippen LogP contribution in [0.5, 0.6) is 5.88 Å². The molecule has 24 heavy (non-hydrogen) atoms. The molecule has 3 rings (SSSR count). The second-order valence-electron chi connectivity index (χ2n) is 5.08. The molecule has 2 amide bonds. The number of nitrogens with one attached hydrogen (secondary N) is 1. The first-order chi connectivity index (χ1) is 11.6. The summed E-state index contributed by atoms with van der Waals surface area (Å²) < 4.78 is 6.60. The van der Waals surface area contributed by atoms with Gasteiger partial charge in [-0.1, -0.05) is 18.2 Å². The topological polar surface area (TPSA) is 112 Å². The third-order valence-corrected chi connectivity index (χ3v) is 3.34. The van der Waals surface area contributed by atoms with E-state index in [4.69, 9.17) is 10.5 Å². The first-order valence-electron chi connectivity index (χ1n) is 7.12. The number of fused-ring (bicyclic) bond motifs is 1. The minimum absolute atomic E-state index is 0.0576. The molecule has 3 N–H and O–H groups in total.